The van der Waals surface area contributed by atoms with Gasteiger partial charge in [-0.3, -0.25) is 4.79 Å². The number of rotatable bonds is 4. The molecule has 0 radical (unpaired) electrons. The largest absolute Gasteiger partial charge is 0.472 e. The van der Waals surface area contributed by atoms with Crippen molar-refractivity contribution < 1.29 is 9.53 Å². The number of aromatic nitrogens is 1. The molecule has 0 N–H and O–H groups in total. The number of likely N-dealkylation sites (tertiary alicyclic amines) is 1. The van der Waals surface area contributed by atoms with Crippen LogP contribution in [0.25, 0.3) is 0 Å². The molecule has 1 aromatic heterocycles. The minimum Gasteiger partial charge on any atom is -0.472 e. The minimum absolute atomic E-state index is 0.0884. The van der Waals surface area contributed by atoms with Gasteiger partial charge in [-0.05, 0) is 31.2 Å². The molecule has 0 aromatic carbocycles. The third kappa shape index (κ3) is 3.99. The maximum atomic E-state index is 12.4. The van der Waals surface area contributed by atoms with E-state index in [0.717, 1.165) is 24.9 Å². The van der Waals surface area contributed by atoms with Crippen molar-refractivity contribution in [1.29, 1.82) is 0 Å². The van der Waals surface area contributed by atoms with Crippen molar-refractivity contribution in [2.45, 2.75) is 58.0 Å². The van der Waals surface area contributed by atoms with Crippen LogP contribution in [0, 0.1) is 12.8 Å². The number of pyridine rings is 1. The summed E-state index contributed by atoms with van der Waals surface area (Å²) in [5.41, 5.74) is 1.13. The number of carbonyl (C=O) groups excluding carboxylic acids is 1. The first kappa shape index (κ1) is 15.3. The van der Waals surface area contributed by atoms with Crippen molar-refractivity contribution in [1.82, 2.24) is 9.88 Å². The highest BCUT2D eigenvalue weighted by Crippen LogP contribution is 2.27. The normalized spacial score (nSPS) is 22.8. The maximum Gasteiger partial charge on any atom is 0.222 e. The van der Waals surface area contributed by atoms with Crippen LogP contribution in [0.15, 0.2) is 18.3 Å². The molecule has 1 atom stereocenters. The smallest absolute Gasteiger partial charge is 0.222 e. The Labute approximate surface area is 132 Å². The van der Waals surface area contributed by atoms with Crippen molar-refractivity contribution in [3.05, 3.63) is 23.9 Å². The molecule has 0 spiro atoms. The standard InChI is InChI=1S/C18H26N2O2/c1-14-7-8-17(19-12-14)22-16-9-10-20(13-16)18(21)11-15-5-3-2-4-6-15/h7-8,12,15-16H,2-6,9-11,13H2,1H3. The van der Waals surface area contributed by atoms with Crippen LogP contribution < -0.4 is 4.74 Å². The summed E-state index contributed by atoms with van der Waals surface area (Å²) < 4.78 is 5.90. The van der Waals surface area contributed by atoms with Gasteiger partial charge in [-0.1, -0.05) is 25.3 Å². The average molecular weight is 302 g/mol. The van der Waals surface area contributed by atoms with E-state index in [-0.39, 0.29) is 6.10 Å². The van der Waals surface area contributed by atoms with E-state index in [9.17, 15) is 4.79 Å². The van der Waals surface area contributed by atoms with Gasteiger partial charge < -0.3 is 9.64 Å². The number of aryl methyl sites for hydroxylation is 1. The Balaban J connectivity index is 1.46. The lowest BCUT2D eigenvalue weighted by Crippen LogP contribution is -2.32. The number of hydrogen-bond donors (Lipinski definition) is 0. The monoisotopic (exact) mass is 302 g/mol. The Morgan fingerprint density at radius 2 is 2.09 bits per heavy atom. The molecule has 4 nitrogen and oxygen atoms in total. The van der Waals surface area contributed by atoms with Gasteiger partial charge in [0.05, 0.1) is 6.54 Å². The van der Waals surface area contributed by atoms with Gasteiger partial charge in [0, 0.05) is 31.6 Å². The highest BCUT2D eigenvalue weighted by atomic mass is 16.5. The molecule has 22 heavy (non-hydrogen) atoms. The summed E-state index contributed by atoms with van der Waals surface area (Å²) in [6, 6.07) is 3.91. The molecule has 1 saturated carbocycles. The van der Waals surface area contributed by atoms with E-state index in [4.69, 9.17) is 4.74 Å². The summed E-state index contributed by atoms with van der Waals surface area (Å²) in [5, 5.41) is 0. The van der Waals surface area contributed by atoms with Gasteiger partial charge in [0.25, 0.3) is 0 Å². The van der Waals surface area contributed by atoms with Crippen LogP contribution in [0.5, 0.6) is 5.88 Å². The Hall–Kier alpha value is -1.58. The first-order valence-electron chi connectivity index (χ1n) is 8.58. The first-order valence-corrected chi connectivity index (χ1v) is 8.58. The minimum atomic E-state index is 0.0884. The van der Waals surface area contributed by atoms with E-state index in [2.05, 4.69) is 4.98 Å². The molecule has 2 fully saturated rings. The number of hydrogen-bond acceptors (Lipinski definition) is 3. The molecule has 2 heterocycles. The maximum absolute atomic E-state index is 12.4. The molecule has 1 aliphatic carbocycles. The van der Waals surface area contributed by atoms with E-state index < -0.39 is 0 Å². The molecule has 2 aliphatic rings. The Morgan fingerprint density at radius 1 is 1.27 bits per heavy atom. The fraction of sp³-hybridized carbons (Fsp3) is 0.667. The number of ether oxygens (including phenoxy) is 1. The highest BCUT2D eigenvalue weighted by Gasteiger charge is 2.29. The van der Waals surface area contributed by atoms with Crippen molar-refractivity contribution in [2.24, 2.45) is 5.92 Å². The third-order valence-corrected chi connectivity index (χ3v) is 4.86. The summed E-state index contributed by atoms with van der Waals surface area (Å²) in [5.74, 6) is 1.59. The van der Waals surface area contributed by atoms with E-state index >= 15 is 0 Å². The Bertz CT molecular complexity index is 494. The van der Waals surface area contributed by atoms with E-state index in [1.807, 2.05) is 30.2 Å². The lowest BCUT2D eigenvalue weighted by molar-refractivity contribution is -0.131. The number of carbonyl (C=O) groups is 1. The Morgan fingerprint density at radius 3 is 2.82 bits per heavy atom. The second-order valence-electron chi connectivity index (χ2n) is 6.75. The van der Waals surface area contributed by atoms with Crippen LogP contribution in [0.1, 0.15) is 50.5 Å². The predicted molar refractivity (Wildman–Crippen MR) is 85.8 cm³/mol. The quantitative estimate of drug-likeness (QED) is 0.856. The zero-order valence-corrected chi connectivity index (χ0v) is 13.5. The second kappa shape index (κ2) is 7.12. The van der Waals surface area contributed by atoms with Gasteiger partial charge in [-0.15, -0.1) is 0 Å². The zero-order valence-electron chi connectivity index (χ0n) is 13.5. The molecular weight excluding hydrogens is 276 g/mol. The fourth-order valence-corrected chi connectivity index (χ4v) is 3.51. The molecule has 120 valence electrons. The summed E-state index contributed by atoms with van der Waals surface area (Å²) in [6.07, 6.45) is 9.93. The molecule has 1 aromatic rings. The van der Waals surface area contributed by atoms with Crippen LogP contribution in [0.2, 0.25) is 0 Å². The van der Waals surface area contributed by atoms with Gasteiger partial charge >= 0.3 is 0 Å². The molecule has 1 saturated heterocycles. The zero-order chi connectivity index (χ0) is 15.4. The first-order chi connectivity index (χ1) is 10.7. The van der Waals surface area contributed by atoms with E-state index in [0.29, 0.717) is 24.2 Å². The van der Waals surface area contributed by atoms with Gasteiger partial charge in [0.2, 0.25) is 11.8 Å². The van der Waals surface area contributed by atoms with Gasteiger partial charge in [0.15, 0.2) is 0 Å². The van der Waals surface area contributed by atoms with Crippen molar-refractivity contribution in [2.75, 3.05) is 13.1 Å². The molecular formula is C18H26N2O2. The van der Waals surface area contributed by atoms with Crippen LogP contribution >= 0.6 is 0 Å². The molecule has 1 unspecified atom stereocenters. The van der Waals surface area contributed by atoms with E-state index in [1.54, 1.807) is 0 Å². The van der Waals surface area contributed by atoms with Gasteiger partial charge in [-0.2, -0.15) is 0 Å². The molecule has 1 amide bonds. The average Bonchev–Trinajstić information content (AvgIpc) is 2.99. The van der Waals surface area contributed by atoms with Crippen molar-refractivity contribution in [3.63, 3.8) is 0 Å². The molecule has 0 bridgehead atoms. The van der Waals surface area contributed by atoms with Crippen molar-refractivity contribution >= 4 is 5.91 Å². The van der Waals surface area contributed by atoms with Crippen molar-refractivity contribution in [3.8, 4) is 5.88 Å². The van der Waals surface area contributed by atoms with E-state index in [1.165, 1.54) is 32.1 Å². The highest BCUT2D eigenvalue weighted by molar-refractivity contribution is 5.76. The lowest BCUT2D eigenvalue weighted by Gasteiger charge is -2.24. The lowest BCUT2D eigenvalue weighted by atomic mass is 9.87. The molecule has 1 aliphatic heterocycles. The third-order valence-electron chi connectivity index (χ3n) is 4.86. The number of nitrogens with zero attached hydrogens (tertiary/aromatic N) is 2. The Kier molecular flexibility index (Phi) is 4.96. The molecule has 4 heteroatoms. The van der Waals surface area contributed by atoms with Crippen LogP contribution in [0.4, 0.5) is 0 Å². The summed E-state index contributed by atoms with van der Waals surface area (Å²) in [4.78, 5) is 18.7. The predicted octanol–water partition coefficient (Wildman–Crippen LogP) is 3.34. The second-order valence-corrected chi connectivity index (χ2v) is 6.75. The SMILES string of the molecule is Cc1ccc(OC2CCN(C(=O)CC3CCCCC3)C2)nc1. The fourth-order valence-electron chi connectivity index (χ4n) is 3.51. The topological polar surface area (TPSA) is 42.4 Å². The van der Waals surface area contributed by atoms with Crippen LogP contribution in [-0.4, -0.2) is 35.0 Å². The van der Waals surface area contributed by atoms with Gasteiger partial charge in [-0.25, -0.2) is 4.98 Å². The van der Waals surface area contributed by atoms with Crippen LogP contribution in [0.3, 0.4) is 0 Å². The summed E-state index contributed by atoms with van der Waals surface area (Å²) >= 11 is 0. The van der Waals surface area contributed by atoms with Gasteiger partial charge in [0.1, 0.15) is 6.10 Å². The summed E-state index contributed by atoms with van der Waals surface area (Å²) in [6.45, 7) is 3.54. The van der Waals surface area contributed by atoms with Crippen LogP contribution in [-0.2, 0) is 4.79 Å². The molecule has 3 rings (SSSR count). The number of amides is 1. The summed E-state index contributed by atoms with van der Waals surface area (Å²) in [7, 11) is 0.